The van der Waals surface area contributed by atoms with Gasteiger partial charge in [-0.25, -0.2) is 4.39 Å². The summed E-state index contributed by atoms with van der Waals surface area (Å²) in [7, 11) is 0. The molecule has 3 heteroatoms. The maximum atomic E-state index is 14.2. The molecule has 0 aliphatic heterocycles. The quantitative estimate of drug-likeness (QED) is 0.780. The van der Waals surface area contributed by atoms with E-state index < -0.39 is 5.67 Å². The fourth-order valence-electron chi connectivity index (χ4n) is 1.32. The SMILES string of the molecule is CC(CN)C(C)(F)c1cccc(O)c1. The van der Waals surface area contributed by atoms with Gasteiger partial charge in [0.2, 0.25) is 0 Å². The number of nitrogens with two attached hydrogens (primary N) is 1. The van der Waals surface area contributed by atoms with Crippen molar-refractivity contribution < 1.29 is 9.50 Å². The van der Waals surface area contributed by atoms with Crippen LogP contribution in [-0.4, -0.2) is 11.7 Å². The molecule has 0 amide bonds. The largest absolute Gasteiger partial charge is 0.508 e. The molecule has 0 saturated carbocycles. The van der Waals surface area contributed by atoms with E-state index in [0.717, 1.165) is 0 Å². The predicted molar refractivity (Wildman–Crippen MR) is 54.8 cm³/mol. The molecule has 1 aromatic carbocycles. The second kappa shape index (κ2) is 3.96. The van der Waals surface area contributed by atoms with Gasteiger partial charge in [-0.1, -0.05) is 19.1 Å². The Hall–Kier alpha value is -1.09. The van der Waals surface area contributed by atoms with E-state index in [1.165, 1.54) is 19.1 Å². The van der Waals surface area contributed by atoms with Crippen LogP contribution in [0.5, 0.6) is 5.75 Å². The second-order valence-electron chi connectivity index (χ2n) is 3.76. The van der Waals surface area contributed by atoms with E-state index in [1.807, 2.05) is 0 Å². The first-order valence-electron chi connectivity index (χ1n) is 4.67. The molecule has 0 radical (unpaired) electrons. The summed E-state index contributed by atoms with van der Waals surface area (Å²) in [5.74, 6) is -0.195. The van der Waals surface area contributed by atoms with Crippen molar-refractivity contribution >= 4 is 0 Å². The van der Waals surface area contributed by atoms with E-state index in [0.29, 0.717) is 5.56 Å². The highest BCUT2D eigenvalue weighted by atomic mass is 19.1. The lowest BCUT2D eigenvalue weighted by atomic mass is 9.86. The molecule has 78 valence electrons. The van der Waals surface area contributed by atoms with Crippen molar-refractivity contribution in [2.75, 3.05) is 6.54 Å². The van der Waals surface area contributed by atoms with E-state index >= 15 is 0 Å². The number of hydrogen-bond acceptors (Lipinski definition) is 2. The monoisotopic (exact) mass is 197 g/mol. The molecule has 2 atom stereocenters. The smallest absolute Gasteiger partial charge is 0.137 e. The molecule has 0 aliphatic carbocycles. The molecule has 1 aromatic rings. The summed E-state index contributed by atoms with van der Waals surface area (Å²) < 4.78 is 14.2. The molecule has 0 saturated heterocycles. The Bertz CT molecular complexity index is 312. The van der Waals surface area contributed by atoms with Crippen LogP contribution < -0.4 is 5.73 Å². The van der Waals surface area contributed by atoms with Gasteiger partial charge in [0.05, 0.1) is 0 Å². The van der Waals surface area contributed by atoms with Crippen LogP contribution in [0.1, 0.15) is 19.4 Å². The zero-order valence-electron chi connectivity index (χ0n) is 8.50. The molecule has 0 spiro atoms. The number of benzene rings is 1. The van der Waals surface area contributed by atoms with Crippen LogP contribution >= 0.6 is 0 Å². The zero-order valence-corrected chi connectivity index (χ0v) is 8.50. The number of alkyl halides is 1. The van der Waals surface area contributed by atoms with Crippen molar-refractivity contribution in [1.82, 2.24) is 0 Å². The first kappa shape index (κ1) is 11.0. The van der Waals surface area contributed by atoms with Gasteiger partial charge in [-0.2, -0.15) is 0 Å². The van der Waals surface area contributed by atoms with Gasteiger partial charge < -0.3 is 10.8 Å². The number of aromatic hydroxyl groups is 1. The molecular weight excluding hydrogens is 181 g/mol. The van der Waals surface area contributed by atoms with Crippen molar-refractivity contribution in [2.24, 2.45) is 11.7 Å². The average molecular weight is 197 g/mol. The number of halogens is 1. The summed E-state index contributed by atoms with van der Waals surface area (Å²) in [6.45, 7) is 3.52. The van der Waals surface area contributed by atoms with Crippen molar-refractivity contribution in [3.8, 4) is 5.75 Å². The Kier molecular flexibility index (Phi) is 3.11. The van der Waals surface area contributed by atoms with Crippen LogP contribution in [0.2, 0.25) is 0 Å². The summed E-state index contributed by atoms with van der Waals surface area (Å²) in [5, 5.41) is 9.23. The molecule has 2 nitrogen and oxygen atoms in total. The van der Waals surface area contributed by atoms with Gasteiger partial charge in [0.1, 0.15) is 11.4 Å². The molecule has 0 bridgehead atoms. The summed E-state index contributed by atoms with van der Waals surface area (Å²) in [6.07, 6.45) is 0. The molecule has 0 fully saturated rings. The molecule has 0 aliphatic rings. The third-order valence-corrected chi connectivity index (χ3v) is 2.69. The highest BCUT2D eigenvalue weighted by molar-refractivity contribution is 5.31. The number of hydrogen-bond donors (Lipinski definition) is 2. The average Bonchev–Trinajstić information content (AvgIpc) is 2.16. The van der Waals surface area contributed by atoms with Gasteiger partial charge in [-0.15, -0.1) is 0 Å². The van der Waals surface area contributed by atoms with E-state index in [4.69, 9.17) is 5.73 Å². The summed E-state index contributed by atoms with van der Waals surface area (Å²) in [4.78, 5) is 0. The van der Waals surface area contributed by atoms with E-state index in [1.54, 1.807) is 19.1 Å². The minimum absolute atomic E-state index is 0.0793. The van der Waals surface area contributed by atoms with Gasteiger partial charge in [-0.05, 0) is 31.2 Å². The lowest BCUT2D eigenvalue weighted by Gasteiger charge is -2.27. The summed E-state index contributed by atoms with van der Waals surface area (Å²) >= 11 is 0. The Balaban J connectivity index is 3.03. The topological polar surface area (TPSA) is 46.2 Å². The molecular formula is C11H16FNO. The van der Waals surface area contributed by atoms with Gasteiger partial charge in [0.25, 0.3) is 0 Å². The van der Waals surface area contributed by atoms with Gasteiger partial charge in [0, 0.05) is 5.92 Å². The van der Waals surface area contributed by atoms with Crippen LogP contribution in [0.25, 0.3) is 0 Å². The molecule has 2 unspecified atom stereocenters. The maximum absolute atomic E-state index is 14.2. The summed E-state index contributed by atoms with van der Waals surface area (Å²) in [5.41, 5.74) is 4.41. The van der Waals surface area contributed by atoms with Crippen molar-refractivity contribution in [3.05, 3.63) is 29.8 Å². The maximum Gasteiger partial charge on any atom is 0.137 e. The first-order chi connectivity index (χ1) is 6.48. The Morgan fingerprint density at radius 3 is 2.71 bits per heavy atom. The van der Waals surface area contributed by atoms with Crippen LogP contribution in [0.3, 0.4) is 0 Å². The Labute approximate surface area is 83.6 Å². The highest BCUT2D eigenvalue weighted by Gasteiger charge is 2.32. The molecule has 14 heavy (non-hydrogen) atoms. The minimum Gasteiger partial charge on any atom is -0.508 e. The highest BCUT2D eigenvalue weighted by Crippen LogP contribution is 2.34. The van der Waals surface area contributed by atoms with E-state index in [9.17, 15) is 9.50 Å². The standard InChI is InChI=1S/C11H16FNO/c1-8(7-13)11(2,12)9-4-3-5-10(14)6-9/h3-6,8,14H,7,13H2,1-2H3. The van der Waals surface area contributed by atoms with E-state index in [-0.39, 0.29) is 18.2 Å². The Morgan fingerprint density at radius 1 is 1.57 bits per heavy atom. The molecule has 1 rings (SSSR count). The lowest BCUT2D eigenvalue weighted by molar-refractivity contribution is 0.116. The zero-order chi connectivity index (χ0) is 10.8. The first-order valence-corrected chi connectivity index (χ1v) is 4.67. The normalized spacial score (nSPS) is 17.4. The molecule has 0 aromatic heterocycles. The van der Waals surface area contributed by atoms with Crippen molar-refractivity contribution in [3.63, 3.8) is 0 Å². The Morgan fingerprint density at radius 2 is 2.21 bits per heavy atom. The van der Waals surface area contributed by atoms with Gasteiger partial charge >= 0.3 is 0 Å². The number of rotatable bonds is 3. The van der Waals surface area contributed by atoms with Crippen LogP contribution in [0.4, 0.5) is 4.39 Å². The third-order valence-electron chi connectivity index (χ3n) is 2.69. The molecule has 3 N–H and O–H groups in total. The van der Waals surface area contributed by atoms with Crippen LogP contribution in [0, 0.1) is 5.92 Å². The predicted octanol–water partition coefficient (Wildman–Crippen LogP) is 2.17. The summed E-state index contributed by atoms with van der Waals surface area (Å²) in [6, 6.07) is 6.25. The van der Waals surface area contributed by atoms with E-state index in [2.05, 4.69) is 0 Å². The lowest BCUT2D eigenvalue weighted by Crippen LogP contribution is -2.30. The van der Waals surface area contributed by atoms with Gasteiger partial charge in [-0.3, -0.25) is 0 Å². The third kappa shape index (κ3) is 2.04. The molecule has 0 heterocycles. The fraction of sp³-hybridized carbons (Fsp3) is 0.455. The van der Waals surface area contributed by atoms with Crippen molar-refractivity contribution in [1.29, 1.82) is 0 Å². The number of phenols is 1. The minimum atomic E-state index is -1.49. The van der Waals surface area contributed by atoms with Crippen LogP contribution in [-0.2, 0) is 5.67 Å². The van der Waals surface area contributed by atoms with Crippen molar-refractivity contribution in [2.45, 2.75) is 19.5 Å². The number of phenolic OH excluding ortho intramolecular Hbond substituents is 1. The fourth-order valence-corrected chi connectivity index (χ4v) is 1.32. The van der Waals surface area contributed by atoms with Crippen LogP contribution in [0.15, 0.2) is 24.3 Å². The second-order valence-corrected chi connectivity index (χ2v) is 3.76. The van der Waals surface area contributed by atoms with Gasteiger partial charge in [0.15, 0.2) is 0 Å².